The van der Waals surface area contributed by atoms with Gasteiger partial charge in [-0.2, -0.15) is 0 Å². The molecule has 0 bridgehead atoms. The van der Waals surface area contributed by atoms with Crippen molar-refractivity contribution in [2.75, 3.05) is 7.05 Å². The second-order valence-electron chi connectivity index (χ2n) is 4.85. The smallest absolute Gasteiger partial charge is 0.0497 e. The molecule has 2 aromatic rings. The van der Waals surface area contributed by atoms with Crippen molar-refractivity contribution >= 4 is 27.3 Å². The zero-order valence-corrected chi connectivity index (χ0v) is 13.6. The van der Waals surface area contributed by atoms with Crippen molar-refractivity contribution in [2.24, 2.45) is 5.73 Å². The van der Waals surface area contributed by atoms with Crippen molar-refractivity contribution in [1.82, 2.24) is 4.90 Å². The average molecular weight is 339 g/mol. The molecule has 0 aliphatic heterocycles. The summed E-state index contributed by atoms with van der Waals surface area (Å²) < 4.78 is 1.10. The van der Waals surface area contributed by atoms with Crippen LogP contribution in [-0.2, 0) is 6.54 Å². The van der Waals surface area contributed by atoms with Gasteiger partial charge in [-0.15, -0.1) is 11.3 Å². The molecule has 2 nitrogen and oxygen atoms in total. The highest BCUT2D eigenvalue weighted by molar-refractivity contribution is 9.10. The van der Waals surface area contributed by atoms with E-state index in [1.165, 1.54) is 10.4 Å². The standard InChI is InChI=1S/C15H19BrN2S/c1-11(17)15(12-5-7-13(16)8-6-12)18(2)10-14-4-3-9-19-14/h3-9,11,15H,10,17H2,1-2H3. The van der Waals surface area contributed by atoms with Gasteiger partial charge in [0.15, 0.2) is 0 Å². The number of nitrogens with zero attached hydrogens (tertiary/aromatic N) is 1. The van der Waals surface area contributed by atoms with Gasteiger partial charge in [0.2, 0.25) is 0 Å². The van der Waals surface area contributed by atoms with Crippen LogP contribution in [0.5, 0.6) is 0 Å². The highest BCUT2D eigenvalue weighted by Gasteiger charge is 2.21. The van der Waals surface area contributed by atoms with Crippen LogP contribution in [0.25, 0.3) is 0 Å². The zero-order chi connectivity index (χ0) is 13.8. The highest BCUT2D eigenvalue weighted by Crippen LogP contribution is 2.26. The second kappa shape index (κ2) is 6.66. The summed E-state index contributed by atoms with van der Waals surface area (Å²) >= 11 is 5.26. The Hall–Kier alpha value is -0.680. The first-order valence-electron chi connectivity index (χ1n) is 6.31. The maximum atomic E-state index is 6.19. The lowest BCUT2D eigenvalue weighted by Gasteiger charge is -2.31. The molecule has 19 heavy (non-hydrogen) atoms. The number of likely N-dealkylation sites (N-methyl/N-ethyl adjacent to an activating group) is 1. The minimum Gasteiger partial charge on any atom is -0.326 e. The number of hydrogen-bond acceptors (Lipinski definition) is 3. The maximum Gasteiger partial charge on any atom is 0.0497 e. The number of hydrogen-bond donors (Lipinski definition) is 1. The number of halogens is 1. The van der Waals surface area contributed by atoms with Crippen LogP contribution < -0.4 is 5.73 Å². The number of thiophene rings is 1. The molecule has 4 heteroatoms. The Balaban J connectivity index is 2.17. The van der Waals surface area contributed by atoms with E-state index in [9.17, 15) is 0 Å². The first-order valence-corrected chi connectivity index (χ1v) is 7.99. The Morgan fingerprint density at radius 3 is 2.47 bits per heavy atom. The van der Waals surface area contributed by atoms with Gasteiger partial charge >= 0.3 is 0 Å². The average Bonchev–Trinajstić information content (AvgIpc) is 2.84. The first kappa shape index (κ1) is 14.7. The van der Waals surface area contributed by atoms with E-state index >= 15 is 0 Å². The monoisotopic (exact) mass is 338 g/mol. The van der Waals surface area contributed by atoms with Crippen LogP contribution in [0.2, 0.25) is 0 Å². The van der Waals surface area contributed by atoms with Gasteiger partial charge in [-0.1, -0.05) is 34.1 Å². The molecule has 0 saturated carbocycles. The van der Waals surface area contributed by atoms with Crippen LogP contribution in [0.4, 0.5) is 0 Å². The molecule has 1 heterocycles. The van der Waals surface area contributed by atoms with Crippen LogP contribution in [0.1, 0.15) is 23.4 Å². The third kappa shape index (κ3) is 3.89. The summed E-state index contributed by atoms with van der Waals surface area (Å²) in [7, 11) is 2.13. The highest BCUT2D eigenvalue weighted by atomic mass is 79.9. The molecular formula is C15H19BrN2S. The van der Waals surface area contributed by atoms with Crippen LogP contribution >= 0.6 is 27.3 Å². The van der Waals surface area contributed by atoms with Crippen LogP contribution in [0.15, 0.2) is 46.3 Å². The fourth-order valence-electron chi connectivity index (χ4n) is 2.37. The number of rotatable bonds is 5. The lowest BCUT2D eigenvalue weighted by molar-refractivity contribution is 0.212. The van der Waals surface area contributed by atoms with Gasteiger partial charge in [-0.3, -0.25) is 4.90 Å². The van der Waals surface area contributed by atoms with E-state index in [2.05, 4.69) is 76.6 Å². The molecule has 2 N–H and O–H groups in total. The van der Waals surface area contributed by atoms with Crippen molar-refractivity contribution in [3.8, 4) is 0 Å². The molecule has 2 rings (SSSR count). The molecule has 0 amide bonds. The van der Waals surface area contributed by atoms with E-state index in [-0.39, 0.29) is 12.1 Å². The van der Waals surface area contributed by atoms with Crippen molar-refractivity contribution in [3.63, 3.8) is 0 Å². The van der Waals surface area contributed by atoms with Gasteiger partial charge in [-0.25, -0.2) is 0 Å². The molecule has 0 fully saturated rings. The second-order valence-corrected chi connectivity index (χ2v) is 6.80. The van der Waals surface area contributed by atoms with E-state index in [1.54, 1.807) is 11.3 Å². The van der Waals surface area contributed by atoms with Gasteiger partial charge in [0.25, 0.3) is 0 Å². The van der Waals surface area contributed by atoms with E-state index in [4.69, 9.17) is 5.73 Å². The van der Waals surface area contributed by atoms with Gasteiger partial charge in [0.1, 0.15) is 0 Å². The minimum absolute atomic E-state index is 0.0890. The van der Waals surface area contributed by atoms with Gasteiger partial charge in [0.05, 0.1) is 0 Å². The minimum atomic E-state index is 0.0890. The predicted octanol–water partition coefficient (Wildman–Crippen LogP) is 4.03. The summed E-state index contributed by atoms with van der Waals surface area (Å²) in [4.78, 5) is 3.69. The van der Waals surface area contributed by atoms with E-state index in [0.29, 0.717) is 0 Å². The molecule has 1 aromatic carbocycles. The summed E-state index contributed by atoms with van der Waals surface area (Å²) in [5.41, 5.74) is 7.45. The van der Waals surface area contributed by atoms with Crippen molar-refractivity contribution < 1.29 is 0 Å². The molecule has 102 valence electrons. The topological polar surface area (TPSA) is 29.3 Å². The molecule has 2 unspecified atom stereocenters. The molecule has 0 radical (unpaired) electrons. The number of nitrogens with two attached hydrogens (primary N) is 1. The zero-order valence-electron chi connectivity index (χ0n) is 11.2. The molecule has 2 atom stereocenters. The molecule has 1 aromatic heterocycles. The fraction of sp³-hybridized carbons (Fsp3) is 0.333. The Kier molecular flexibility index (Phi) is 5.16. The van der Waals surface area contributed by atoms with E-state index in [0.717, 1.165) is 11.0 Å². The van der Waals surface area contributed by atoms with Gasteiger partial charge in [-0.05, 0) is 43.1 Å². The summed E-state index contributed by atoms with van der Waals surface area (Å²) in [6.45, 7) is 3.00. The third-order valence-electron chi connectivity index (χ3n) is 3.17. The van der Waals surface area contributed by atoms with Crippen molar-refractivity contribution in [2.45, 2.75) is 25.6 Å². The molecular weight excluding hydrogens is 320 g/mol. The molecule has 0 saturated heterocycles. The SMILES string of the molecule is CC(N)C(c1ccc(Br)cc1)N(C)Cc1cccs1. The lowest BCUT2D eigenvalue weighted by atomic mass is 9.99. The predicted molar refractivity (Wildman–Crippen MR) is 86.3 cm³/mol. The summed E-state index contributed by atoms with van der Waals surface area (Å²) in [5.74, 6) is 0. The Labute approximate surface area is 127 Å². The molecule has 0 aliphatic rings. The van der Waals surface area contributed by atoms with E-state index in [1.807, 2.05) is 0 Å². The summed E-state index contributed by atoms with van der Waals surface area (Å²) in [5, 5.41) is 2.11. The Bertz CT molecular complexity index is 493. The summed E-state index contributed by atoms with van der Waals surface area (Å²) in [6, 6.07) is 13.0. The van der Waals surface area contributed by atoms with Gasteiger partial charge < -0.3 is 5.73 Å². The quantitative estimate of drug-likeness (QED) is 0.891. The Morgan fingerprint density at radius 1 is 1.26 bits per heavy atom. The Morgan fingerprint density at radius 2 is 1.95 bits per heavy atom. The first-order chi connectivity index (χ1) is 9.08. The fourth-order valence-corrected chi connectivity index (χ4v) is 3.40. The molecule has 0 aliphatic carbocycles. The third-order valence-corrected chi connectivity index (χ3v) is 4.56. The molecule has 0 spiro atoms. The van der Waals surface area contributed by atoms with E-state index < -0.39 is 0 Å². The normalized spacial score (nSPS) is 14.6. The van der Waals surface area contributed by atoms with Gasteiger partial charge in [0, 0.05) is 28.0 Å². The van der Waals surface area contributed by atoms with Crippen LogP contribution in [0, 0.1) is 0 Å². The van der Waals surface area contributed by atoms with Crippen LogP contribution in [0.3, 0.4) is 0 Å². The number of benzene rings is 1. The summed E-state index contributed by atoms with van der Waals surface area (Å²) in [6.07, 6.45) is 0. The van der Waals surface area contributed by atoms with Crippen LogP contribution in [-0.4, -0.2) is 18.0 Å². The van der Waals surface area contributed by atoms with Crippen molar-refractivity contribution in [3.05, 3.63) is 56.7 Å². The largest absolute Gasteiger partial charge is 0.326 e. The lowest BCUT2D eigenvalue weighted by Crippen LogP contribution is -2.36. The maximum absolute atomic E-state index is 6.19. The van der Waals surface area contributed by atoms with Crippen molar-refractivity contribution in [1.29, 1.82) is 0 Å².